The van der Waals surface area contributed by atoms with E-state index in [1.807, 2.05) is 0 Å². The smallest absolute Gasteiger partial charge is 0.328 e. The minimum atomic E-state index is -1.45. The number of carbonyl (C=O) groups is 3. The van der Waals surface area contributed by atoms with Crippen molar-refractivity contribution in [2.75, 3.05) is 13.2 Å². The number of aliphatic hydroxyl groups excluding tert-OH is 1. The number of carboxylic acid groups (broad SMARTS) is 1. The van der Waals surface area contributed by atoms with E-state index in [2.05, 4.69) is 41.6 Å². The standard InChI is InChI=1S/C31H45N3O7/c1-6-31(40)14-11-23-21-8-7-19-15-20(9-12-29(19,4)22(21)10-13-30(23,31)5)34-41-17-25(36)33-26(18(2)3)27(37)32-24(16-35)28(38)39/h1,15,18,21-24,26,35,40H,7-14,16-17H2,2-5H3,(H,32,37)(H,33,36)(H,38,39)/b34-20-/t21-,22-,23-,24-,26+,29+,30+,31-/m1/s1. The fourth-order valence-electron chi connectivity index (χ4n) is 8.27. The van der Waals surface area contributed by atoms with Gasteiger partial charge >= 0.3 is 5.97 Å². The van der Waals surface area contributed by atoms with E-state index in [1.54, 1.807) is 13.8 Å². The minimum absolute atomic E-state index is 0.0672. The van der Waals surface area contributed by atoms with Crippen LogP contribution in [0.15, 0.2) is 16.8 Å². The molecule has 0 aliphatic heterocycles. The Balaban J connectivity index is 1.36. The number of terminal acetylenes is 1. The number of carboxylic acids is 1. The lowest BCUT2D eigenvalue weighted by molar-refractivity contribution is -0.143. The monoisotopic (exact) mass is 571 g/mol. The maximum absolute atomic E-state index is 12.5. The zero-order valence-electron chi connectivity index (χ0n) is 24.6. The van der Waals surface area contributed by atoms with Crippen LogP contribution in [-0.2, 0) is 19.2 Å². The van der Waals surface area contributed by atoms with Gasteiger partial charge in [0, 0.05) is 5.41 Å². The van der Waals surface area contributed by atoms with Crippen molar-refractivity contribution in [3.63, 3.8) is 0 Å². The van der Waals surface area contributed by atoms with Gasteiger partial charge < -0.3 is 30.8 Å². The average molecular weight is 572 g/mol. The van der Waals surface area contributed by atoms with Crippen LogP contribution in [-0.4, -0.2) is 69.7 Å². The van der Waals surface area contributed by atoms with Crippen LogP contribution in [0.1, 0.15) is 79.1 Å². The van der Waals surface area contributed by atoms with Crippen molar-refractivity contribution in [1.82, 2.24) is 10.6 Å². The van der Waals surface area contributed by atoms with E-state index in [9.17, 15) is 19.5 Å². The van der Waals surface area contributed by atoms with Gasteiger partial charge in [0.15, 0.2) is 6.61 Å². The van der Waals surface area contributed by atoms with Gasteiger partial charge in [-0.05, 0) is 86.5 Å². The summed E-state index contributed by atoms with van der Waals surface area (Å²) in [5.41, 5.74) is 1.01. The molecule has 10 heteroatoms. The normalized spacial score (nSPS) is 36.6. The fraction of sp³-hybridized carbons (Fsp3) is 0.742. The SMILES string of the molecule is C#C[C@@]1(O)CC[C@@H]2[C@@H]3CCC4=C/C(=N\OCC(=O)N[C@H](C(=O)N[C@H](CO)C(=O)O)C(C)C)CC[C@]4(C)[C@@H]3CC[C@@]21C. The molecule has 3 saturated carbocycles. The van der Waals surface area contributed by atoms with Crippen LogP contribution in [0, 0.1) is 46.8 Å². The topological polar surface area (TPSA) is 158 Å². The van der Waals surface area contributed by atoms with Crippen LogP contribution in [0.2, 0.25) is 0 Å². The summed E-state index contributed by atoms with van der Waals surface area (Å²) in [7, 11) is 0. The van der Waals surface area contributed by atoms with Crippen LogP contribution >= 0.6 is 0 Å². The van der Waals surface area contributed by atoms with Crippen molar-refractivity contribution in [2.45, 2.75) is 96.7 Å². The molecule has 2 amide bonds. The maximum Gasteiger partial charge on any atom is 0.328 e. The van der Waals surface area contributed by atoms with Gasteiger partial charge in [-0.1, -0.05) is 44.3 Å². The largest absolute Gasteiger partial charge is 0.480 e. The van der Waals surface area contributed by atoms with Crippen molar-refractivity contribution in [1.29, 1.82) is 0 Å². The first-order valence-electron chi connectivity index (χ1n) is 14.8. The summed E-state index contributed by atoms with van der Waals surface area (Å²) in [6.45, 7) is 6.86. The van der Waals surface area contributed by atoms with E-state index in [0.29, 0.717) is 24.2 Å². The third kappa shape index (κ3) is 5.63. The maximum atomic E-state index is 12.5. The molecule has 4 aliphatic rings. The number of rotatable bonds is 9. The molecule has 0 unspecified atom stereocenters. The Labute approximate surface area is 242 Å². The van der Waals surface area contributed by atoms with E-state index < -0.39 is 42.1 Å². The third-order valence-corrected chi connectivity index (χ3v) is 10.8. The number of nitrogens with zero attached hydrogens (tertiary/aromatic N) is 1. The number of aliphatic carboxylic acids is 1. The van der Waals surface area contributed by atoms with Crippen LogP contribution in [0.5, 0.6) is 0 Å². The quantitative estimate of drug-likeness (QED) is 0.210. The first-order valence-corrected chi connectivity index (χ1v) is 14.8. The number of allylic oxidation sites excluding steroid dienone is 2. The van der Waals surface area contributed by atoms with Crippen molar-refractivity contribution in [3.05, 3.63) is 11.6 Å². The molecule has 4 aliphatic carbocycles. The predicted octanol–water partition coefficient (Wildman–Crippen LogP) is 2.39. The summed E-state index contributed by atoms with van der Waals surface area (Å²) in [5, 5.41) is 38.5. The molecule has 0 bridgehead atoms. The molecule has 3 fully saturated rings. The average Bonchev–Trinajstić information content (AvgIpc) is 3.20. The lowest BCUT2D eigenvalue weighted by Gasteiger charge is -2.58. The number of nitrogens with one attached hydrogen (secondary N) is 2. The summed E-state index contributed by atoms with van der Waals surface area (Å²) < 4.78 is 0. The zero-order valence-corrected chi connectivity index (χ0v) is 24.6. The second-order valence-electron chi connectivity index (χ2n) is 13.2. The summed E-state index contributed by atoms with van der Waals surface area (Å²) in [6, 6.07) is -2.44. The van der Waals surface area contributed by atoms with Crippen LogP contribution in [0.3, 0.4) is 0 Å². The molecule has 226 valence electrons. The van der Waals surface area contributed by atoms with E-state index >= 15 is 0 Å². The van der Waals surface area contributed by atoms with Gasteiger partial charge in [-0.2, -0.15) is 0 Å². The zero-order chi connectivity index (χ0) is 30.2. The Hall–Kier alpha value is -2.90. The predicted molar refractivity (Wildman–Crippen MR) is 152 cm³/mol. The Morgan fingerprint density at radius 2 is 1.83 bits per heavy atom. The van der Waals surface area contributed by atoms with E-state index in [1.165, 1.54) is 5.57 Å². The highest BCUT2D eigenvalue weighted by atomic mass is 16.6. The number of hydrogen-bond donors (Lipinski definition) is 5. The Morgan fingerprint density at radius 3 is 2.46 bits per heavy atom. The molecule has 4 rings (SSSR count). The molecule has 0 aromatic rings. The van der Waals surface area contributed by atoms with Crippen LogP contribution in [0.4, 0.5) is 0 Å². The molecule has 8 atom stereocenters. The number of fused-ring (bicyclic) bond motifs is 5. The van der Waals surface area contributed by atoms with Gasteiger partial charge in [-0.3, -0.25) is 9.59 Å². The lowest BCUT2D eigenvalue weighted by Crippen LogP contribution is -2.55. The molecular weight excluding hydrogens is 526 g/mol. The molecule has 10 nitrogen and oxygen atoms in total. The fourth-order valence-corrected chi connectivity index (χ4v) is 8.27. The van der Waals surface area contributed by atoms with Crippen molar-refractivity contribution >= 4 is 23.5 Å². The minimum Gasteiger partial charge on any atom is -0.480 e. The number of aliphatic hydroxyl groups is 2. The van der Waals surface area contributed by atoms with Crippen molar-refractivity contribution in [2.24, 2.45) is 39.7 Å². The summed E-state index contributed by atoms with van der Waals surface area (Å²) >= 11 is 0. The van der Waals surface area contributed by atoms with Crippen LogP contribution < -0.4 is 10.6 Å². The number of hydrogen-bond acceptors (Lipinski definition) is 7. The molecule has 0 aromatic carbocycles. The van der Waals surface area contributed by atoms with Crippen molar-refractivity contribution < 1.29 is 34.5 Å². The van der Waals surface area contributed by atoms with Crippen LogP contribution in [0.25, 0.3) is 0 Å². The first kappa shape index (κ1) is 31.0. The molecule has 0 spiro atoms. The van der Waals surface area contributed by atoms with Gasteiger partial charge in [0.2, 0.25) is 5.91 Å². The van der Waals surface area contributed by atoms with E-state index in [-0.39, 0.29) is 23.4 Å². The highest BCUT2D eigenvalue weighted by Crippen LogP contribution is 2.67. The summed E-state index contributed by atoms with van der Waals surface area (Å²) in [4.78, 5) is 41.5. The third-order valence-electron chi connectivity index (χ3n) is 10.8. The Bertz CT molecular complexity index is 1160. The molecular formula is C31H45N3O7. The second kappa shape index (κ2) is 11.8. The lowest BCUT2D eigenvalue weighted by atomic mass is 9.46. The highest BCUT2D eigenvalue weighted by molar-refractivity contribution is 5.96. The second-order valence-corrected chi connectivity index (χ2v) is 13.2. The summed E-state index contributed by atoms with van der Waals surface area (Å²) in [6.07, 6.45) is 15.3. The summed E-state index contributed by atoms with van der Waals surface area (Å²) in [5.74, 6) is 1.33. The van der Waals surface area contributed by atoms with Gasteiger partial charge in [0.1, 0.15) is 17.7 Å². The van der Waals surface area contributed by atoms with Crippen molar-refractivity contribution in [3.8, 4) is 12.3 Å². The number of oxime groups is 1. The highest BCUT2D eigenvalue weighted by Gasteiger charge is 2.63. The molecule has 5 N–H and O–H groups in total. The van der Waals surface area contributed by atoms with E-state index in [0.717, 1.165) is 50.7 Å². The van der Waals surface area contributed by atoms with Gasteiger partial charge in [-0.15, -0.1) is 6.42 Å². The first-order chi connectivity index (χ1) is 19.3. The molecule has 41 heavy (non-hydrogen) atoms. The van der Waals surface area contributed by atoms with Gasteiger partial charge in [0.25, 0.3) is 5.91 Å². The molecule has 0 aromatic heterocycles. The number of amides is 2. The van der Waals surface area contributed by atoms with Gasteiger partial charge in [-0.25, -0.2) is 4.79 Å². The van der Waals surface area contributed by atoms with E-state index in [4.69, 9.17) is 21.5 Å². The number of carbonyl (C=O) groups excluding carboxylic acids is 2. The molecule has 0 saturated heterocycles. The molecule has 0 heterocycles. The Kier molecular flexibility index (Phi) is 8.91. The molecule has 0 radical (unpaired) electrons. The van der Waals surface area contributed by atoms with Gasteiger partial charge in [0.05, 0.1) is 12.3 Å². The Morgan fingerprint density at radius 1 is 1.12 bits per heavy atom.